The Morgan fingerprint density at radius 2 is 2.31 bits per heavy atom. The Morgan fingerprint density at radius 1 is 1.44 bits per heavy atom. The van der Waals surface area contributed by atoms with Gasteiger partial charge in [-0.2, -0.15) is 0 Å². The molecule has 4 heteroatoms. The van der Waals surface area contributed by atoms with Gasteiger partial charge in [-0.1, -0.05) is 0 Å². The molecule has 0 aromatic heterocycles. The molecule has 0 bridgehead atoms. The van der Waals surface area contributed by atoms with Crippen LogP contribution in [0, 0.1) is 5.82 Å². The summed E-state index contributed by atoms with van der Waals surface area (Å²) in [6, 6.07) is 4.66. The van der Waals surface area contributed by atoms with E-state index < -0.39 is 0 Å². The minimum atomic E-state index is -0.202. The Hall–Kier alpha value is -1.13. The standard InChI is InChI=1S/C12H14FNO2/c13-9-1-2-12-8(3-9)4-10(16-12)7-15-11-5-14-6-11/h1-3,10-11,14H,4-7H2. The normalized spacial score (nSPS) is 23.7. The Bertz CT molecular complexity index is 393. The van der Waals surface area contributed by atoms with Crippen molar-refractivity contribution < 1.29 is 13.9 Å². The zero-order valence-corrected chi connectivity index (χ0v) is 8.91. The van der Waals surface area contributed by atoms with Gasteiger partial charge in [-0.05, 0) is 18.2 Å². The lowest BCUT2D eigenvalue weighted by atomic mass is 10.1. The third-order valence-corrected chi connectivity index (χ3v) is 3.03. The van der Waals surface area contributed by atoms with Crippen molar-refractivity contribution in [1.29, 1.82) is 0 Å². The maximum absolute atomic E-state index is 13.0. The predicted octanol–water partition coefficient (Wildman–Crippen LogP) is 1.12. The third kappa shape index (κ3) is 1.90. The summed E-state index contributed by atoms with van der Waals surface area (Å²) in [7, 11) is 0. The fraction of sp³-hybridized carbons (Fsp3) is 0.500. The average molecular weight is 223 g/mol. The first-order chi connectivity index (χ1) is 7.81. The first-order valence-corrected chi connectivity index (χ1v) is 5.58. The molecule has 1 fully saturated rings. The Kier molecular flexibility index (Phi) is 2.53. The molecule has 1 N–H and O–H groups in total. The molecule has 0 amide bonds. The summed E-state index contributed by atoms with van der Waals surface area (Å²) in [5, 5.41) is 3.15. The molecule has 1 saturated heterocycles. The fourth-order valence-electron chi connectivity index (χ4n) is 2.01. The Morgan fingerprint density at radius 3 is 3.06 bits per heavy atom. The summed E-state index contributed by atoms with van der Waals surface area (Å²) in [6.45, 7) is 2.44. The van der Waals surface area contributed by atoms with Crippen LogP contribution in [0.15, 0.2) is 18.2 Å². The van der Waals surface area contributed by atoms with Crippen LogP contribution in [0.1, 0.15) is 5.56 Å². The molecule has 16 heavy (non-hydrogen) atoms. The van der Waals surface area contributed by atoms with Gasteiger partial charge < -0.3 is 14.8 Å². The molecule has 3 rings (SSSR count). The van der Waals surface area contributed by atoms with Crippen LogP contribution in [0.25, 0.3) is 0 Å². The number of nitrogens with one attached hydrogen (secondary N) is 1. The van der Waals surface area contributed by atoms with Crippen molar-refractivity contribution in [3.63, 3.8) is 0 Å². The van der Waals surface area contributed by atoms with Gasteiger partial charge in [0.15, 0.2) is 0 Å². The van der Waals surface area contributed by atoms with E-state index in [1.54, 1.807) is 12.1 Å². The molecule has 0 aliphatic carbocycles. The predicted molar refractivity (Wildman–Crippen MR) is 57.1 cm³/mol. The molecule has 2 heterocycles. The van der Waals surface area contributed by atoms with Crippen LogP contribution in [0.3, 0.4) is 0 Å². The third-order valence-electron chi connectivity index (χ3n) is 3.03. The highest BCUT2D eigenvalue weighted by Crippen LogP contribution is 2.29. The second-order valence-corrected chi connectivity index (χ2v) is 4.31. The SMILES string of the molecule is Fc1ccc2c(c1)CC(COC1CNC1)O2. The number of halogens is 1. The first-order valence-electron chi connectivity index (χ1n) is 5.58. The second-order valence-electron chi connectivity index (χ2n) is 4.31. The van der Waals surface area contributed by atoms with Gasteiger partial charge in [-0.15, -0.1) is 0 Å². The van der Waals surface area contributed by atoms with Crippen LogP contribution in [0.4, 0.5) is 4.39 Å². The number of fused-ring (bicyclic) bond motifs is 1. The highest BCUT2D eigenvalue weighted by molar-refractivity contribution is 5.37. The van der Waals surface area contributed by atoms with E-state index >= 15 is 0 Å². The molecule has 86 valence electrons. The smallest absolute Gasteiger partial charge is 0.126 e. The molecule has 1 aromatic rings. The van der Waals surface area contributed by atoms with Gasteiger partial charge in [-0.25, -0.2) is 4.39 Å². The van der Waals surface area contributed by atoms with E-state index in [1.807, 2.05) is 0 Å². The van der Waals surface area contributed by atoms with Crippen molar-refractivity contribution in [1.82, 2.24) is 5.32 Å². The van der Waals surface area contributed by atoms with Crippen molar-refractivity contribution in [2.75, 3.05) is 19.7 Å². The molecule has 2 aliphatic rings. The van der Waals surface area contributed by atoms with Gasteiger partial charge >= 0.3 is 0 Å². The van der Waals surface area contributed by atoms with Crippen molar-refractivity contribution in [3.05, 3.63) is 29.6 Å². The van der Waals surface area contributed by atoms with Gasteiger partial charge in [-0.3, -0.25) is 0 Å². The summed E-state index contributed by atoms with van der Waals surface area (Å²) >= 11 is 0. The summed E-state index contributed by atoms with van der Waals surface area (Å²) < 4.78 is 24.3. The number of rotatable bonds is 3. The van der Waals surface area contributed by atoms with Crippen LogP contribution in [0.5, 0.6) is 5.75 Å². The van der Waals surface area contributed by atoms with Gasteiger partial charge in [0.2, 0.25) is 0 Å². The van der Waals surface area contributed by atoms with E-state index in [1.165, 1.54) is 6.07 Å². The van der Waals surface area contributed by atoms with Gasteiger partial charge in [0.25, 0.3) is 0 Å². The van der Waals surface area contributed by atoms with Crippen LogP contribution < -0.4 is 10.1 Å². The minimum absolute atomic E-state index is 0.0393. The van der Waals surface area contributed by atoms with Crippen LogP contribution in [-0.2, 0) is 11.2 Å². The van der Waals surface area contributed by atoms with E-state index in [0.29, 0.717) is 12.7 Å². The molecule has 1 aromatic carbocycles. The zero-order chi connectivity index (χ0) is 11.0. The van der Waals surface area contributed by atoms with Gasteiger partial charge in [0, 0.05) is 25.1 Å². The molecule has 3 nitrogen and oxygen atoms in total. The summed E-state index contributed by atoms with van der Waals surface area (Å²) in [6.07, 6.45) is 1.11. The lowest BCUT2D eigenvalue weighted by Crippen LogP contribution is -2.49. The quantitative estimate of drug-likeness (QED) is 0.833. The summed E-state index contributed by atoms with van der Waals surface area (Å²) in [5.41, 5.74) is 0.945. The highest BCUT2D eigenvalue weighted by Gasteiger charge is 2.25. The Balaban J connectivity index is 1.57. The molecular weight excluding hydrogens is 209 g/mol. The van der Waals surface area contributed by atoms with Crippen molar-refractivity contribution >= 4 is 0 Å². The lowest BCUT2D eigenvalue weighted by Gasteiger charge is -2.28. The lowest BCUT2D eigenvalue weighted by molar-refractivity contribution is -0.0172. The van der Waals surface area contributed by atoms with Gasteiger partial charge in [0.05, 0.1) is 12.7 Å². The number of hydrogen-bond donors (Lipinski definition) is 1. The van der Waals surface area contributed by atoms with E-state index in [-0.39, 0.29) is 11.9 Å². The topological polar surface area (TPSA) is 30.5 Å². The van der Waals surface area contributed by atoms with E-state index in [2.05, 4.69) is 5.32 Å². The molecule has 0 spiro atoms. The zero-order valence-electron chi connectivity index (χ0n) is 8.91. The highest BCUT2D eigenvalue weighted by atomic mass is 19.1. The minimum Gasteiger partial charge on any atom is -0.487 e. The average Bonchev–Trinajstić information content (AvgIpc) is 2.57. The largest absolute Gasteiger partial charge is 0.487 e. The Labute approximate surface area is 93.6 Å². The first kappa shape index (κ1) is 10.1. The van der Waals surface area contributed by atoms with E-state index in [0.717, 1.165) is 30.8 Å². The van der Waals surface area contributed by atoms with Crippen LogP contribution in [-0.4, -0.2) is 31.9 Å². The number of benzene rings is 1. The van der Waals surface area contributed by atoms with Crippen molar-refractivity contribution in [2.45, 2.75) is 18.6 Å². The van der Waals surface area contributed by atoms with E-state index in [4.69, 9.17) is 9.47 Å². The maximum atomic E-state index is 13.0. The van der Waals surface area contributed by atoms with Gasteiger partial charge in [0.1, 0.15) is 17.7 Å². The number of ether oxygens (including phenoxy) is 2. The second kappa shape index (κ2) is 4.03. The van der Waals surface area contributed by atoms with Crippen LogP contribution in [0.2, 0.25) is 0 Å². The summed E-state index contributed by atoms with van der Waals surface area (Å²) in [5.74, 6) is 0.592. The van der Waals surface area contributed by atoms with Crippen molar-refractivity contribution in [2.24, 2.45) is 0 Å². The van der Waals surface area contributed by atoms with Crippen molar-refractivity contribution in [3.8, 4) is 5.75 Å². The van der Waals surface area contributed by atoms with E-state index in [9.17, 15) is 4.39 Å². The molecular formula is C12H14FNO2. The molecule has 0 radical (unpaired) electrons. The molecule has 0 saturated carbocycles. The monoisotopic (exact) mass is 223 g/mol. The van der Waals surface area contributed by atoms with Crippen LogP contribution >= 0.6 is 0 Å². The summed E-state index contributed by atoms with van der Waals surface area (Å²) in [4.78, 5) is 0. The molecule has 2 aliphatic heterocycles. The fourth-order valence-corrected chi connectivity index (χ4v) is 2.01. The molecule has 1 unspecified atom stereocenters. The molecule has 1 atom stereocenters. The maximum Gasteiger partial charge on any atom is 0.126 e. The number of hydrogen-bond acceptors (Lipinski definition) is 3.